The Labute approximate surface area is 194 Å². The maximum absolute atomic E-state index is 13.8. The van der Waals surface area contributed by atoms with Crippen LogP contribution in [0.2, 0.25) is 0 Å². The summed E-state index contributed by atoms with van der Waals surface area (Å²) in [7, 11) is 5.36. The molecule has 0 saturated carbocycles. The van der Waals surface area contributed by atoms with E-state index in [4.69, 9.17) is 9.72 Å². The molecule has 1 atom stereocenters. The first-order chi connectivity index (χ1) is 15.9. The lowest BCUT2D eigenvalue weighted by Gasteiger charge is -2.37. The number of likely N-dealkylation sites (tertiary alicyclic amines) is 1. The van der Waals surface area contributed by atoms with Gasteiger partial charge in [-0.2, -0.15) is 0 Å². The zero-order valence-electron chi connectivity index (χ0n) is 19.5. The zero-order valence-corrected chi connectivity index (χ0v) is 19.5. The van der Waals surface area contributed by atoms with Gasteiger partial charge in [0.1, 0.15) is 11.6 Å². The highest BCUT2D eigenvalue weighted by molar-refractivity contribution is 5.97. The highest BCUT2D eigenvalue weighted by Gasteiger charge is 2.33. The van der Waals surface area contributed by atoms with Crippen molar-refractivity contribution >= 4 is 11.9 Å². The third-order valence-corrected chi connectivity index (χ3v) is 6.09. The molecule has 1 aliphatic rings. The predicted octanol–water partition coefficient (Wildman–Crippen LogP) is 5.03. The second-order valence-electron chi connectivity index (χ2n) is 8.54. The van der Waals surface area contributed by atoms with Crippen molar-refractivity contribution in [3.8, 4) is 16.9 Å². The summed E-state index contributed by atoms with van der Waals surface area (Å²) in [6.07, 6.45) is 4.48. The number of rotatable bonds is 5. The van der Waals surface area contributed by atoms with Crippen molar-refractivity contribution < 1.29 is 13.9 Å². The molecule has 2 heterocycles. The van der Waals surface area contributed by atoms with Gasteiger partial charge in [-0.05, 0) is 55.5 Å². The van der Waals surface area contributed by atoms with Crippen LogP contribution in [0.3, 0.4) is 0 Å². The highest BCUT2D eigenvalue weighted by atomic mass is 19.1. The fraction of sp³-hybridized carbons (Fsp3) is 0.346. The van der Waals surface area contributed by atoms with E-state index in [1.807, 2.05) is 49.0 Å². The fourth-order valence-electron chi connectivity index (χ4n) is 4.41. The molecule has 1 unspecified atom stereocenters. The number of hydrogen-bond acceptors (Lipinski definition) is 5. The molecule has 1 aliphatic heterocycles. The first kappa shape index (κ1) is 22.7. The van der Waals surface area contributed by atoms with Gasteiger partial charge in [-0.1, -0.05) is 24.3 Å². The first-order valence-corrected chi connectivity index (χ1v) is 11.2. The minimum absolute atomic E-state index is 0.0738. The molecule has 0 N–H and O–H groups in total. The molecule has 0 radical (unpaired) electrons. The molecule has 172 valence electrons. The molecule has 0 spiro atoms. The molecule has 0 aliphatic carbocycles. The van der Waals surface area contributed by atoms with Crippen molar-refractivity contribution in [1.29, 1.82) is 0 Å². The molecule has 1 fully saturated rings. The topological polar surface area (TPSA) is 58.6 Å². The fourth-order valence-corrected chi connectivity index (χ4v) is 4.41. The number of nitrogens with zero attached hydrogens (tertiary/aromatic N) is 4. The molecule has 4 rings (SSSR count). The van der Waals surface area contributed by atoms with Crippen molar-refractivity contribution in [2.45, 2.75) is 32.2 Å². The molecule has 0 bridgehead atoms. The smallest absolute Gasteiger partial charge is 0.258 e. The molecule has 3 aromatic rings. The van der Waals surface area contributed by atoms with Crippen molar-refractivity contribution in [3.05, 3.63) is 71.3 Å². The average Bonchev–Trinajstić information content (AvgIpc) is 2.83. The zero-order chi connectivity index (χ0) is 23.5. The summed E-state index contributed by atoms with van der Waals surface area (Å²) in [6, 6.07) is 11.7. The van der Waals surface area contributed by atoms with Crippen molar-refractivity contribution in [2.75, 3.05) is 32.6 Å². The van der Waals surface area contributed by atoms with E-state index < -0.39 is 0 Å². The lowest BCUT2D eigenvalue weighted by atomic mass is 9.93. The molecule has 1 saturated heterocycles. The average molecular weight is 449 g/mol. The van der Waals surface area contributed by atoms with Crippen molar-refractivity contribution in [1.82, 2.24) is 14.9 Å². The largest absolute Gasteiger partial charge is 0.496 e. The van der Waals surface area contributed by atoms with Gasteiger partial charge in [-0.3, -0.25) is 4.79 Å². The van der Waals surface area contributed by atoms with Gasteiger partial charge in [0.05, 0.1) is 24.4 Å². The first-order valence-electron chi connectivity index (χ1n) is 11.2. The van der Waals surface area contributed by atoms with Crippen LogP contribution >= 0.6 is 0 Å². The number of methoxy groups -OCH3 is 1. The number of ether oxygens (including phenoxy) is 1. The summed E-state index contributed by atoms with van der Waals surface area (Å²) in [5.41, 5.74) is 3.87. The maximum Gasteiger partial charge on any atom is 0.258 e. The summed E-state index contributed by atoms with van der Waals surface area (Å²) < 4.78 is 19.2. The van der Waals surface area contributed by atoms with Crippen LogP contribution in [0.1, 0.15) is 46.9 Å². The Bertz CT molecular complexity index is 1150. The van der Waals surface area contributed by atoms with Crippen LogP contribution in [0.4, 0.5) is 10.3 Å². The lowest BCUT2D eigenvalue weighted by Crippen LogP contribution is -2.39. The number of piperidine rings is 1. The van der Waals surface area contributed by atoms with Gasteiger partial charge in [0.25, 0.3) is 5.91 Å². The number of halogens is 1. The van der Waals surface area contributed by atoms with Gasteiger partial charge in [0, 0.05) is 32.4 Å². The molecule has 6 nitrogen and oxygen atoms in total. The summed E-state index contributed by atoms with van der Waals surface area (Å²) in [5, 5.41) is 0. The van der Waals surface area contributed by atoms with Crippen LogP contribution in [0.25, 0.3) is 11.1 Å². The van der Waals surface area contributed by atoms with Gasteiger partial charge in [0.15, 0.2) is 0 Å². The van der Waals surface area contributed by atoms with E-state index >= 15 is 0 Å². The number of para-hydroxylation sites is 1. The Kier molecular flexibility index (Phi) is 6.58. The molecule has 7 heteroatoms. The van der Waals surface area contributed by atoms with E-state index in [0.717, 1.165) is 41.6 Å². The normalized spacial score (nSPS) is 15.9. The van der Waals surface area contributed by atoms with Crippen LogP contribution in [-0.4, -0.2) is 48.5 Å². The van der Waals surface area contributed by atoms with E-state index in [9.17, 15) is 9.18 Å². The molecule has 33 heavy (non-hydrogen) atoms. The van der Waals surface area contributed by atoms with Crippen molar-refractivity contribution in [3.63, 3.8) is 0 Å². The monoisotopic (exact) mass is 448 g/mol. The number of hydrogen-bond donors (Lipinski definition) is 0. The Morgan fingerprint density at radius 2 is 1.91 bits per heavy atom. The standard InChI is InChI=1S/C26H29FN4O2/c1-17-8-7-9-20(24(17)33-4)25(32)31-15-6-5-10-22(31)23-21(16-28-26(29-23)30(2)3)18-11-13-19(27)14-12-18/h7-9,11-14,16,22H,5-6,10,15H2,1-4H3. The van der Waals surface area contributed by atoms with Crippen LogP contribution in [0.5, 0.6) is 5.75 Å². The van der Waals surface area contributed by atoms with Crippen LogP contribution < -0.4 is 9.64 Å². The highest BCUT2D eigenvalue weighted by Crippen LogP contribution is 2.38. The summed E-state index contributed by atoms with van der Waals surface area (Å²) in [6.45, 7) is 2.56. The minimum atomic E-state index is -0.299. The van der Waals surface area contributed by atoms with E-state index in [1.54, 1.807) is 25.4 Å². The maximum atomic E-state index is 13.8. The van der Waals surface area contributed by atoms with Gasteiger partial charge in [-0.25, -0.2) is 14.4 Å². The van der Waals surface area contributed by atoms with Crippen LogP contribution in [0, 0.1) is 12.7 Å². The number of carbonyl (C=O) groups is 1. The Morgan fingerprint density at radius 1 is 1.15 bits per heavy atom. The van der Waals surface area contributed by atoms with E-state index in [0.29, 0.717) is 23.8 Å². The Hall–Kier alpha value is -3.48. The number of carbonyl (C=O) groups excluding carboxylic acids is 1. The van der Waals surface area contributed by atoms with Crippen LogP contribution in [0.15, 0.2) is 48.7 Å². The Balaban J connectivity index is 1.82. The predicted molar refractivity (Wildman–Crippen MR) is 127 cm³/mol. The summed E-state index contributed by atoms with van der Waals surface area (Å²) in [4.78, 5) is 26.9. The van der Waals surface area contributed by atoms with Gasteiger partial charge < -0.3 is 14.5 Å². The van der Waals surface area contributed by atoms with E-state index in [1.165, 1.54) is 12.1 Å². The number of benzene rings is 2. The van der Waals surface area contributed by atoms with Gasteiger partial charge >= 0.3 is 0 Å². The second-order valence-corrected chi connectivity index (χ2v) is 8.54. The second kappa shape index (κ2) is 9.57. The van der Waals surface area contributed by atoms with E-state index in [2.05, 4.69) is 4.98 Å². The minimum Gasteiger partial charge on any atom is -0.496 e. The molecular weight excluding hydrogens is 419 g/mol. The Morgan fingerprint density at radius 3 is 2.61 bits per heavy atom. The number of amides is 1. The van der Waals surface area contributed by atoms with E-state index in [-0.39, 0.29) is 17.8 Å². The summed E-state index contributed by atoms with van der Waals surface area (Å²) in [5.74, 6) is 0.798. The quantitative estimate of drug-likeness (QED) is 0.548. The number of aromatic nitrogens is 2. The third-order valence-electron chi connectivity index (χ3n) is 6.09. The molecular formula is C26H29FN4O2. The number of aryl methyl sites for hydroxylation is 1. The van der Waals surface area contributed by atoms with Gasteiger partial charge in [0.2, 0.25) is 5.95 Å². The third kappa shape index (κ3) is 4.53. The molecule has 1 amide bonds. The van der Waals surface area contributed by atoms with Crippen molar-refractivity contribution in [2.24, 2.45) is 0 Å². The SMILES string of the molecule is COc1c(C)cccc1C(=O)N1CCCCC1c1nc(N(C)C)ncc1-c1ccc(F)cc1. The molecule has 1 aromatic heterocycles. The van der Waals surface area contributed by atoms with Gasteiger partial charge in [-0.15, -0.1) is 0 Å². The number of anilines is 1. The molecule has 2 aromatic carbocycles. The lowest BCUT2D eigenvalue weighted by molar-refractivity contribution is 0.0603. The summed E-state index contributed by atoms with van der Waals surface area (Å²) >= 11 is 0. The van der Waals surface area contributed by atoms with Crippen LogP contribution in [-0.2, 0) is 0 Å².